The molecule has 20 heavy (non-hydrogen) atoms. The van der Waals surface area contributed by atoms with E-state index < -0.39 is 11.8 Å². The van der Waals surface area contributed by atoms with Crippen molar-refractivity contribution < 1.29 is 23.0 Å². The van der Waals surface area contributed by atoms with Gasteiger partial charge in [0.2, 0.25) is 0 Å². The molecule has 0 bridgehead atoms. The van der Waals surface area contributed by atoms with Gasteiger partial charge in [-0.05, 0) is 37.0 Å². The highest BCUT2D eigenvalue weighted by Crippen LogP contribution is 2.43. The molecule has 1 N–H and O–H groups in total. The highest BCUT2D eigenvalue weighted by atomic mass is 19.4. The minimum atomic E-state index is -4.77. The SMILES string of the molecule is CCOc1ccc(C(C)(C)C)cc1C(C)(O)C(F)(F)F. The summed E-state index contributed by atoms with van der Waals surface area (Å²) in [7, 11) is 0. The van der Waals surface area contributed by atoms with Crippen LogP contribution in [0.1, 0.15) is 45.7 Å². The van der Waals surface area contributed by atoms with Crippen LogP contribution in [-0.2, 0) is 11.0 Å². The maximum Gasteiger partial charge on any atom is 0.421 e. The van der Waals surface area contributed by atoms with Gasteiger partial charge < -0.3 is 9.84 Å². The Hall–Kier alpha value is -1.23. The number of rotatable bonds is 3. The van der Waals surface area contributed by atoms with E-state index in [9.17, 15) is 18.3 Å². The summed E-state index contributed by atoms with van der Waals surface area (Å²) in [6.45, 7) is 8.36. The summed E-state index contributed by atoms with van der Waals surface area (Å²) in [5, 5.41) is 9.91. The molecule has 0 heterocycles. The second-order valence-electron chi connectivity index (χ2n) is 5.96. The van der Waals surface area contributed by atoms with Gasteiger partial charge in [-0.1, -0.05) is 26.8 Å². The van der Waals surface area contributed by atoms with Gasteiger partial charge in [-0.2, -0.15) is 13.2 Å². The van der Waals surface area contributed by atoms with Crippen LogP contribution in [-0.4, -0.2) is 17.9 Å². The van der Waals surface area contributed by atoms with E-state index in [1.807, 2.05) is 20.8 Å². The number of hydrogen-bond acceptors (Lipinski definition) is 2. The van der Waals surface area contributed by atoms with Crippen LogP contribution >= 0.6 is 0 Å². The monoisotopic (exact) mass is 290 g/mol. The predicted octanol–water partition coefficient (Wildman–Crippen LogP) is 4.15. The van der Waals surface area contributed by atoms with E-state index in [4.69, 9.17) is 4.74 Å². The molecule has 0 spiro atoms. The predicted molar refractivity (Wildman–Crippen MR) is 71.9 cm³/mol. The Morgan fingerprint density at radius 3 is 2.05 bits per heavy atom. The summed E-state index contributed by atoms with van der Waals surface area (Å²) in [4.78, 5) is 0. The van der Waals surface area contributed by atoms with Crippen molar-refractivity contribution in [2.75, 3.05) is 6.61 Å². The Labute approximate surface area is 117 Å². The van der Waals surface area contributed by atoms with Gasteiger partial charge in [0.1, 0.15) is 5.75 Å². The van der Waals surface area contributed by atoms with Gasteiger partial charge in [-0.15, -0.1) is 0 Å². The van der Waals surface area contributed by atoms with E-state index in [0.717, 1.165) is 6.92 Å². The Kier molecular flexibility index (Phi) is 4.44. The minimum Gasteiger partial charge on any atom is -0.493 e. The molecule has 114 valence electrons. The average Bonchev–Trinajstić information content (AvgIpc) is 2.26. The molecule has 0 aromatic heterocycles. The molecular formula is C15H21F3O2. The summed E-state index contributed by atoms with van der Waals surface area (Å²) >= 11 is 0. The van der Waals surface area contributed by atoms with E-state index in [-0.39, 0.29) is 23.3 Å². The smallest absolute Gasteiger partial charge is 0.421 e. The zero-order valence-electron chi connectivity index (χ0n) is 12.4. The van der Waals surface area contributed by atoms with E-state index in [0.29, 0.717) is 5.56 Å². The van der Waals surface area contributed by atoms with E-state index in [1.165, 1.54) is 12.1 Å². The fraction of sp³-hybridized carbons (Fsp3) is 0.600. The summed E-state index contributed by atoms with van der Waals surface area (Å²) in [6, 6.07) is 4.58. The molecule has 0 amide bonds. The van der Waals surface area contributed by atoms with Gasteiger partial charge in [-0.25, -0.2) is 0 Å². The van der Waals surface area contributed by atoms with Crippen molar-refractivity contribution >= 4 is 0 Å². The highest BCUT2D eigenvalue weighted by Gasteiger charge is 2.52. The second kappa shape index (κ2) is 5.28. The molecule has 0 aliphatic rings. The van der Waals surface area contributed by atoms with Crippen LogP contribution < -0.4 is 4.74 Å². The van der Waals surface area contributed by atoms with Gasteiger partial charge in [0.15, 0.2) is 5.60 Å². The number of benzene rings is 1. The molecule has 1 aromatic rings. The largest absolute Gasteiger partial charge is 0.493 e. The number of aliphatic hydroxyl groups is 1. The van der Waals surface area contributed by atoms with Crippen molar-refractivity contribution in [2.45, 2.75) is 51.8 Å². The highest BCUT2D eigenvalue weighted by molar-refractivity contribution is 5.43. The maximum absolute atomic E-state index is 13.1. The van der Waals surface area contributed by atoms with Crippen LogP contribution in [0.4, 0.5) is 13.2 Å². The molecule has 1 unspecified atom stereocenters. The first kappa shape index (κ1) is 16.8. The Bertz CT molecular complexity index is 471. The summed E-state index contributed by atoms with van der Waals surface area (Å²) in [5.41, 5.74) is -2.81. The summed E-state index contributed by atoms with van der Waals surface area (Å²) < 4.78 is 44.4. The zero-order chi connectivity index (χ0) is 15.8. The third-order valence-corrected chi connectivity index (χ3v) is 3.22. The molecule has 0 aliphatic carbocycles. The van der Waals surface area contributed by atoms with Crippen LogP contribution in [0.2, 0.25) is 0 Å². The van der Waals surface area contributed by atoms with Gasteiger partial charge in [-0.3, -0.25) is 0 Å². The third-order valence-electron chi connectivity index (χ3n) is 3.22. The fourth-order valence-corrected chi connectivity index (χ4v) is 1.81. The summed E-state index contributed by atoms with van der Waals surface area (Å²) in [6.07, 6.45) is -4.77. The number of ether oxygens (including phenoxy) is 1. The number of hydrogen-bond donors (Lipinski definition) is 1. The van der Waals surface area contributed by atoms with Crippen molar-refractivity contribution in [3.63, 3.8) is 0 Å². The number of alkyl halides is 3. The standard InChI is InChI=1S/C15H21F3O2/c1-6-20-12-8-7-10(13(2,3)4)9-11(12)14(5,19)15(16,17)18/h7-9,19H,6H2,1-5H3. The zero-order valence-corrected chi connectivity index (χ0v) is 12.4. The van der Waals surface area contributed by atoms with Crippen molar-refractivity contribution in [1.29, 1.82) is 0 Å². The van der Waals surface area contributed by atoms with Gasteiger partial charge in [0.05, 0.1) is 6.61 Å². The average molecular weight is 290 g/mol. The first-order valence-electron chi connectivity index (χ1n) is 6.48. The van der Waals surface area contributed by atoms with E-state index >= 15 is 0 Å². The molecule has 1 atom stereocenters. The molecular weight excluding hydrogens is 269 g/mol. The first-order valence-corrected chi connectivity index (χ1v) is 6.48. The Morgan fingerprint density at radius 2 is 1.65 bits per heavy atom. The van der Waals surface area contributed by atoms with Gasteiger partial charge in [0, 0.05) is 5.56 Å². The van der Waals surface area contributed by atoms with Crippen LogP contribution in [0.3, 0.4) is 0 Å². The second-order valence-corrected chi connectivity index (χ2v) is 5.96. The first-order chi connectivity index (χ1) is 8.91. The van der Waals surface area contributed by atoms with Crippen molar-refractivity contribution in [3.8, 4) is 5.75 Å². The molecule has 1 aromatic carbocycles. The van der Waals surface area contributed by atoms with Crippen LogP contribution in [0.5, 0.6) is 5.75 Å². The lowest BCUT2D eigenvalue weighted by Gasteiger charge is -2.30. The van der Waals surface area contributed by atoms with E-state index in [1.54, 1.807) is 13.0 Å². The third kappa shape index (κ3) is 3.26. The van der Waals surface area contributed by atoms with Gasteiger partial charge >= 0.3 is 6.18 Å². The molecule has 0 aliphatic heterocycles. The summed E-state index contributed by atoms with van der Waals surface area (Å²) in [5.74, 6) is 0.0582. The van der Waals surface area contributed by atoms with Crippen LogP contribution in [0.15, 0.2) is 18.2 Å². The van der Waals surface area contributed by atoms with Crippen LogP contribution in [0, 0.1) is 0 Å². The topological polar surface area (TPSA) is 29.5 Å². The fourth-order valence-electron chi connectivity index (χ4n) is 1.81. The van der Waals surface area contributed by atoms with Crippen molar-refractivity contribution in [2.24, 2.45) is 0 Å². The lowest BCUT2D eigenvalue weighted by atomic mass is 9.83. The Morgan fingerprint density at radius 1 is 1.10 bits per heavy atom. The van der Waals surface area contributed by atoms with Crippen LogP contribution in [0.25, 0.3) is 0 Å². The lowest BCUT2D eigenvalue weighted by Crippen LogP contribution is -2.39. The molecule has 0 radical (unpaired) electrons. The molecule has 2 nitrogen and oxygen atoms in total. The lowest BCUT2D eigenvalue weighted by molar-refractivity contribution is -0.259. The molecule has 1 rings (SSSR count). The van der Waals surface area contributed by atoms with Crippen molar-refractivity contribution in [3.05, 3.63) is 29.3 Å². The molecule has 0 saturated heterocycles. The quantitative estimate of drug-likeness (QED) is 0.906. The molecule has 0 fully saturated rings. The molecule has 0 saturated carbocycles. The number of halogens is 3. The van der Waals surface area contributed by atoms with E-state index in [2.05, 4.69) is 0 Å². The van der Waals surface area contributed by atoms with Crippen molar-refractivity contribution in [1.82, 2.24) is 0 Å². The normalized spacial score (nSPS) is 15.8. The Balaban J connectivity index is 3.48. The minimum absolute atomic E-state index is 0.0582. The van der Waals surface area contributed by atoms with Gasteiger partial charge in [0.25, 0.3) is 0 Å². The molecule has 5 heteroatoms. The maximum atomic E-state index is 13.1.